The Hall–Kier alpha value is -4.91. The molecule has 0 aliphatic carbocycles. The van der Waals surface area contributed by atoms with Gasteiger partial charge in [0.15, 0.2) is 0 Å². The van der Waals surface area contributed by atoms with E-state index in [-0.39, 0.29) is 17.9 Å². The van der Waals surface area contributed by atoms with Crippen molar-refractivity contribution in [1.82, 2.24) is 20.3 Å². The van der Waals surface area contributed by atoms with Crippen molar-refractivity contribution in [1.29, 1.82) is 0 Å². The Morgan fingerprint density at radius 3 is 2.42 bits per heavy atom. The highest BCUT2D eigenvalue weighted by molar-refractivity contribution is 6.08. The van der Waals surface area contributed by atoms with Crippen LogP contribution in [0, 0.1) is 0 Å². The van der Waals surface area contributed by atoms with Gasteiger partial charge in [0.25, 0.3) is 11.8 Å². The summed E-state index contributed by atoms with van der Waals surface area (Å²) in [6, 6.07) is 24.2. The van der Waals surface area contributed by atoms with E-state index in [1.807, 2.05) is 43.3 Å². The number of anilines is 1. The number of hydrogen-bond donors (Lipinski definition) is 2. The van der Waals surface area contributed by atoms with Crippen molar-refractivity contribution in [2.45, 2.75) is 26.3 Å². The van der Waals surface area contributed by atoms with Gasteiger partial charge in [-0.3, -0.25) is 24.5 Å². The molecule has 0 fully saturated rings. The van der Waals surface area contributed by atoms with E-state index in [1.165, 1.54) is 11.8 Å². The van der Waals surface area contributed by atoms with E-state index in [1.54, 1.807) is 42.7 Å². The standard InChI is InChI=1S/C31H27N5O2/c1-3-21-9-11-22(12-10-21)29-26(7-6-16-33-29)31(38)36-25-14-13-23-17-24(19-34-28(23)18-25)30(37)35-20(2)27-8-4-5-15-32-27/h4-20H,3H2,1-2H3,(H,35,37)(H,36,38). The van der Waals surface area contributed by atoms with Crippen LogP contribution in [0.3, 0.4) is 0 Å². The molecule has 3 aromatic heterocycles. The minimum Gasteiger partial charge on any atom is -0.344 e. The summed E-state index contributed by atoms with van der Waals surface area (Å²) in [4.78, 5) is 39.2. The van der Waals surface area contributed by atoms with Crippen LogP contribution in [0.15, 0.2) is 97.5 Å². The zero-order chi connectivity index (χ0) is 26.5. The van der Waals surface area contributed by atoms with Gasteiger partial charge < -0.3 is 10.6 Å². The predicted octanol–water partition coefficient (Wildman–Crippen LogP) is 6.00. The molecule has 2 N–H and O–H groups in total. The molecule has 0 spiro atoms. The van der Waals surface area contributed by atoms with Gasteiger partial charge in [-0.25, -0.2) is 0 Å². The molecule has 188 valence electrons. The second-order valence-electron chi connectivity index (χ2n) is 8.99. The highest BCUT2D eigenvalue weighted by Crippen LogP contribution is 2.24. The van der Waals surface area contributed by atoms with Gasteiger partial charge in [-0.05, 0) is 61.4 Å². The number of nitrogens with zero attached hydrogens (tertiary/aromatic N) is 3. The fraction of sp³-hybridized carbons (Fsp3) is 0.129. The Kier molecular flexibility index (Phi) is 7.17. The maximum Gasteiger partial charge on any atom is 0.257 e. The van der Waals surface area contributed by atoms with Crippen molar-refractivity contribution in [3.63, 3.8) is 0 Å². The first-order valence-corrected chi connectivity index (χ1v) is 12.5. The zero-order valence-electron chi connectivity index (χ0n) is 21.2. The van der Waals surface area contributed by atoms with Crippen LogP contribution in [0.4, 0.5) is 5.69 Å². The molecule has 0 radical (unpaired) electrons. The van der Waals surface area contributed by atoms with E-state index < -0.39 is 0 Å². The van der Waals surface area contributed by atoms with E-state index in [0.717, 1.165) is 23.1 Å². The third-order valence-corrected chi connectivity index (χ3v) is 6.37. The third-order valence-electron chi connectivity index (χ3n) is 6.37. The predicted molar refractivity (Wildman–Crippen MR) is 149 cm³/mol. The SMILES string of the molecule is CCc1ccc(-c2ncccc2C(=O)Nc2ccc3cc(C(=O)NC(C)c4ccccn4)cnc3c2)cc1. The Labute approximate surface area is 221 Å². The molecule has 0 saturated heterocycles. The van der Waals surface area contributed by atoms with Gasteiger partial charge >= 0.3 is 0 Å². The summed E-state index contributed by atoms with van der Waals surface area (Å²) in [6.07, 6.45) is 5.87. The van der Waals surface area contributed by atoms with Crippen LogP contribution in [-0.2, 0) is 6.42 Å². The molecule has 2 aromatic carbocycles. The maximum atomic E-state index is 13.2. The van der Waals surface area contributed by atoms with Crippen LogP contribution in [0.2, 0.25) is 0 Å². The Morgan fingerprint density at radius 1 is 0.842 bits per heavy atom. The maximum absolute atomic E-state index is 13.2. The molecule has 0 bridgehead atoms. The van der Waals surface area contributed by atoms with E-state index in [2.05, 4.69) is 44.6 Å². The topological polar surface area (TPSA) is 96.9 Å². The largest absolute Gasteiger partial charge is 0.344 e. The summed E-state index contributed by atoms with van der Waals surface area (Å²) in [5, 5.41) is 6.70. The zero-order valence-corrected chi connectivity index (χ0v) is 21.2. The van der Waals surface area contributed by atoms with Gasteiger partial charge in [0.1, 0.15) is 0 Å². The number of rotatable bonds is 7. The van der Waals surface area contributed by atoms with Crippen LogP contribution in [0.1, 0.15) is 51.9 Å². The molecule has 2 amide bonds. The summed E-state index contributed by atoms with van der Waals surface area (Å²) in [6.45, 7) is 3.99. The lowest BCUT2D eigenvalue weighted by Gasteiger charge is -2.13. The van der Waals surface area contributed by atoms with Crippen molar-refractivity contribution >= 4 is 28.4 Å². The second kappa shape index (κ2) is 11.0. The molecular weight excluding hydrogens is 474 g/mol. The summed E-state index contributed by atoms with van der Waals surface area (Å²) >= 11 is 0. The summed E-state index contributed by atoms with van der Waals surface area (Å²) in [5.74, 6) is -0.488. The number of nitrogens with one attached hydrogen (secondary N) is 2. The fourth-order valence-electron chi connectivity index (χ4n) is 4.22. The van der Waals surface area contributed by atoms with Crippen molar-refractivity contribution in [2.75, 3.05) is 5.32 Å². The number of carbonyl (C=O) groups is 2. The molecule has 5 rings (SSSR count). The molecule has 7 heteroatoms. The van der Waals surface area contributed by atoms with Crippen LogP contribution in [0.25, 0.3) is 22.2 Å². The van der Waals surface area contributed by atoms with Crippen molar-refractivity contribution < 1.29 is 9.59 Å². The normalized spacial score (nSPS) is 11.6. The van der Waals surface area contributed by atoms with E-state index in [9.17, 15) is 9.59 Å². The third kappa shape index (κ3) is 5.42. The monoisotopic (exact) mass is 501 g/mol. The molecule has 1 atom stereocenters. The highest BCUT2D eigenvalue weighted by Gasteiger charge is 2.16. The van der Waals surface area contributed by atoms with E-state index >= 15 is 0 Å². The molecule has 5 aromatic rings. The smallest absolute Gasteiger partial charge is 0.257 e. The lowest BCUT2D eigenvalue weighted by molar-refractivity contribution is 0.0938. The Morgan fingerprint density at radius 2 is 1.66 bits per heavy atom. The number of aryl methyl sites for hydroxylation is 1. The summed E-state index contributed by atoms with van der Waals surface area (Å²) in [7, 11) is 0. The first-order valence-electron chi connectivity index (χ1n) is 12.5. The van der Waals surface area contributed by atoms with Crippen molar-refractivity contribution in [3.05, 3.63) is 120 Å². The van der Waals surface area contributed by atoms with Crippen molar-refractivity contribution in [2.24, 2.45) is 0 Å². The number of hydrogen-bond acceptors (Lipinski definition) is 5. The van der Waals surface area contributed by atoms with Gasteiger partial charge in [0, 0.05) is 35.2 Å². The number of aromatic nitrogens is 3. The molecule has 38 heavy (non-hydrogen) atoms. The van der Waals surface area contributed by atoms with Crippen LogP contribution in [0.5, 0.6) is 0 Å². The first-order chi connectivity index (χ1) is 18.5. The number of pyridine rings is 3. The number of amides is 2. The van der Waals surface area contributed by atoms with E-state index in [4.69, 9.17) is 0 Å². The molecule has 7 nitrogen and oxygen atoms in total. The van der Waals surface area contributed by atoms with E-state index in [0.29, 0.717) is 28.0 Å². The Balaban J connectivity index is 1.32. The second-order valence-corrected chi connectivity index (χ2v) is 8.99. The van der Waals surface area contributed by atoms with Gasteiger partial charge in [-0.15, -0.1) is 0 Å². The van der Waals surface area contributed by atoms with Gasteiger partial charge in [-0.1, -0.05) is 43.3 Å². The van der Waals surface area contributed by atoms with Gasteiger partial charge in [0.2, 0.25) is 0 Å². The number of fused-ring (bicyclic) bond motifs is 1. The molecule has 0 aliphatic rings. The fourth-order valence-corrected chi connectivity index (χ4v) is 4.22. The molecule has 0 saturated carbocycles. The highest BCUT2D eigenvalue weighted by atomic mass is 16.2. The molecule has 0 aliphatic heterocycles. The number of carbonyl (C=O) groups excluding carboxylic acids is 2. The van der Waals surface area contributed by atoms with Gasteiger partial charge in [0.05, 0.1) is 34.1 Å². The minimum atomic E-state index is -0.258. The lowest BCUT2D eigenvalue weighted by atomic mass is 10.0. The molecule has 3 heterocycles. The van der Waals surface area contributed by atoms with Gasteiger partial charge in [-0.2, -0.15) is 0 Å². The number of benzene rings is 2. The lowest BCUT2D eigenvalue weighted by Crippen LogP contribution is -2.27. The quantitative estimate of drug-likeness (QED) is 0.285. The molecular formula is C31H27N5O2. The van der Waals surface area contributed by atoms with Crippen LogP contribution >= 0.6 is 0 Å². The minimum absolute atomic E-state index is 0.231. The van der Waals surface area contributed by atoms with Crippen molar-refractivity contribution in [3.8, 4) is 11.3 Å². The first kappa shape index (κ1) is 24.8. The average Bonchev–Trinajstić information content (AvgIpc) is 2.97. The summed E-state index contributed by atoms with van der Waals surface area (Å²) in [5.41, 5.74) is 5.72. The summed E-state index contributed by atoms with van der Waals surface area (Å²) < 4.78 is 0. The molecule has 1 unspecified atom stereocenters. The average molecular weight is 502 g/mol. The van der Waals surface area contributed by atoms with Crippen LogP contribution in [-0.4, -0.2) is 26.8 Å². The Bertz CT molecular complexity index is 1600. The van der Waals surface area contributed by atoms with Crippen LogP contribution < -0.4 is 10.6 Å².